The van der Waals surface area contributed by atoms with Crippen LogP contribution in [0.1, 0.15) is 36.2 Å². The number of rotatable bonds is 3. The maximum absolute atomic E-state index is 2.40. The highest BCUT2D eigenvalue weighted by atomic mass is 127. The van der Waals surface area contributed by atoms with E-state index in [-0.39, 0.29) is 24.0 Å². The SMILES string of the molecule is CCN1C(=Cc2ccc3cc(C)ccc3[n+]2CC)C=Cc2cc(C)ccc21.[I-]. The third-order valence-corrected chi connectivity index (χ3v) is 5.37. The summed E-state index contributed by atoms with van der Waals surface area (Å²) in [5, 5.41) is 1.30. The van der Waals surface area contributed by atoms with Gasteiger partial charge in [-0.15, -0.1) is 0 Å². The number of likely N-dealkylation sites (N-methyl/N-ethyl adjacent to an activating group) is 1. The first-order chi connectivity index (χ1) is 13.1. The molecule has 0 saturated heterocycles. The van der Waals surface area contributed by atoms with E-state index in [1.54, 1.807) is 0 Å². The number of hydrogen-bond donors (Lipinski definition) is 0. The predicted molar refractivity (Wildman–Crippen MR) is 116 cm³/mol. The average Bonchev–Trinajstić information content (AvgIpc) is 2.67. The fourth-order valence-corrected chi connectivity index (χ4v) is 4.02. The number of benzene rings is 2. The Hall–Kier alpha value is -2.14. The number of aromatic nitrogens is 1. The van der Waals surface area contributed by atoms with Crippen molar-refractivity contribution in [2.24, 2.45) is 0 Å². The van der Waals surface area contributed by atoms with E-state index < -0.39 is 0 Å². The van der Waals surface area contributed by atoms with Crippen molar-refractivity contribution in [1.29, 1.82) is 0 Å². The minimum Gasteiger partial charge on any atom is -1.00 e. The van der Waals surface area contributed by atoms with Crippen molar-refractivity contribution in [2.45, 2.75) is 34.2 Å². The van der Waals surface area contributed by atoms with Crippen molar-refractivity contribution in [3.05, 3.63) is 82.7 Å². The van der Waals surface area contributed by atoms with E-state index in [4.69, 9.17) is 0 Å². The van der Waals surface area contributed by atoms with Gasteiger partial charge in [-0.25, -0.2) is 0 Å². The summed E-state index contributed by atoms with van der Waals surface area (Å²) in [6.07, 6.45) is 6.79. The van der Waals surface area contributed by atoms with Crippen molar-refractivity contribution in [3.63, 3.8) is 0 Å². The third-order valence-electron chi connectivity index (χ3n) is 5.37. The van der Waals surface area contributed by atoms with Crippen LogP contribution < -0.4 is 33.4 Å². The molecule has 3 aromatic rings. The topological polar surface area (TPSA) is 7.12 Å². The second-order valence-electron chi connectivity index (χ2n) is 7.27. The van der Waals surface area contributed by atoms with Crippen LogP contribution in [0.4, 0.5) is 5.69 Å². The molecule has 144 valence electrons. The Labute approximate surface area is 185 Å². The van der Waals surface area contributed by atoms with Crippen LogP contribution in [0.5, 0.6) is 0 Å². The quantitative estimate of drug-likeness (QED) is 0.412. The molecule has 28 heavy (non-hydrogen) atoms. The molecule has 1 aliphatic heterocycles. The molecule has 0 bridgehead atoms. The molecule has 4 rings (SSSR count). The van der Waals surface area contributed by atoms with Crippen LogP contribution in [0.3, 0.4) is 0 Å². The fraction of sp³-hybridized carbons (Fsp3) is 0.240. The zero-order valence-corrected chi connectivity index (χ0v) is 19.2. The Bertz CT molecular complexity index is 1080. The van der Waals surface area contributed by atoms with Crippen LogP contribution in [0, 0.1) is 13.8 Å². The molecule has 0 atom stereocenters. The lowest BCUT2D eigenvalue weighted by atomic mass is 10.0. The summed E-state index contributed by atoms with van der Waals surface area (Å²) in [4.78, 5) is 2.40. The maximum Gasteiger partial charge on any atom is 0.212 e. The summed E-state index contributed by atoms with van der Waals surface area (Å²) in [6, 6.07) is 17.9. The van der Waals surface area contributed by atoms with Crippen molar-refractivity contribution in [2.75, 3.05) is 11.4 Å². The molecule has 0 unspecified atom stereocenters. The molecule has 2 nitrogen and oxygen atoms in total. The minimum atomic E-state index is 0. The number of anilines is 1. The molecular weight excluding hydrogens is 455 g/mol. The molecule has 0 spiro atoms. The molecule has 3 heteroatoms. The summed E-state index contributed by atoms with van der Waals surface area (Å²) in [7, 11) is 0. The maximum atomic E-state index is 2.40. The van der Waals surface area contributed by atoms with Gasteiger partial charge in [0.15, 0.2) is 0 Å². The van der Waals surface area contributed by atoms with Gasteiger partial charge in [0.2, 0.25) is 11.2 Å². The van der Waals surface area contributed by atoms with E-state index in [1.807, 2.05) is 0 Å². The normalized spacial score (nSPS) is 14.3. The molecule has 1 aromatic heterocycles. The molecule has 0 N–H and O–H groups in total. The van der Waals surface area contributed by atoms with Gasteiger partial charge in [-0.05, 0) is 63.6 Å². The highest BCUT2D eigenvalue weighted by Crippen LogP contribution is 2.32. The molecule has 0 amide bonds. The highest BCUT2D eigenvalue weighted by molar-refractivity contribution is 5.81. The van der Waals surface area contributed by atoms with Crippen molar-refractivity contribution in [3.8, 4) is 0 Å². The number of aryl methyl sites for hydroxylation is 3. The van der Waals surface area contributed by atoms with Crippen LogP contribution in [-0.2, 0) is 6.54 Å². The Morgan fingerprint density at radius 2 is 1.64 bits per heavy atom. The summed E-state index contributed by atoms with van der Waals surface area (Å²) < 4.78 is 2.40. The largest absolute Gasteiger partial charge is 1.00 e. The Morgan fingerprint density at radius 3 is 2.39 bits per heavy atom. The second kappa shape index (κ2) is 8.48. The third kappa shape index (κ3) is 3.72. The lowest BCUT2D eigenvalue weighted by molar-refractivity contribution is -0.669. The lowest BCUT2D eigenvalue weighted by Crippen LogP contribution is -3.00. The first kappa shape index (κ1) is 20.6. The van der Waals surface area contributed by atoms with E-state index in [0.717, 1.165) is 13.1 Å². The van der Waals surface area contributed by atoms with Gasteiger partial charge >= 0.3 is 0 Å². The van der Waals surface area contributed by atoms with Crippen molar-refractivity contribution in [1.82, 2.24) is 0 Å². The van der Waals surface area contributed by atoms with Gasteiger partial charge in [0.1, 0.15) is 6.54 Å². The van der Waals surface area contributed by atoms with E-state index in [2.05, 4.69) is 104 Å². The van der Waals surface area contributed by atoms with Gasteiger partial charge in [-0.1, -0.05) is 29.3 Å². The number of fused-ring (bicyclic) bond motifs is 2. The molecule has 2 aromatic carbocycles. The molecule has 0 fully saturated rings. The molecule has 0 aliphatic carbocycles. The molecule has 1 aliphatic rings. The summed E-state index contributed by atoms with van der Waals surface area (Å²) in [5.41, 5.74) is 8.95. The minimum absolute atomic E-state index is 0. The Morgan fingerprint density at radius 1 is 0.893 bits per heavy atom. The Kier molecular flexibility index (Phi) is 6.23. The van der Waals surface area contributed by atoms with E-state index in [0.29, 0.717) is 0 Å². The first-order valence-corrected chi connectivity index (χ1v) is 9.82. The van der Waals surface area contributed by atoms with Gasteiger partial charge in [-0.2, -0.15) is 4.57 Å². The van der Waals surface area contributed by atoms with Gasteiger partial charge < -0.3 is 28.9 Å². The summed E-state index contributed by atoms with van der Waals surface area (Å²) in [6.45, 7) is 10.6. The number of pyridine rings is 1. The monoisotopic (exact) mass is 482 g/mol. The van der Waals surface area contributed by atoms with Crippen LogP contribution in [0.2, 0.25) is 0 Å². The fourth-order valence-electron chi connectivity index (χ4n) is 4.02. The van der Waals surface area contributed by atoms with Gasteiger partial charge in [0.25, 0.3) is 0 Å². The van der Waals surface area contributed by atoms with Crippen LogP contribution in [0.25, 0.3) is 23.1 Å². The Balaban J connectivity index is 0.00000225. The molecule has 2 heterocycles. The van der Waals surface area contributed by atoms with Gasteiger partial charge in [-0.3, -0.25) is 0 Å². The van der Waals surface area contributed by atoms with Crippen LogP contribution in [0.15, 0.2) is 60.3 Å². The zero-order chi connectivity index (χ0) is 19.0. The molecule has 0 saturated carbocycles. The molecular formula is C25H27IN2. The predicted octanol–water partition coefficient (Wildman–Crippen LogP) is 2.66. The van der Waals surface area contributed by atoms with Gasteiger partial charge in [0, 0.05) is 41.5 Å². The standard InChI is InChI=1S/C25H27N2.HI/c1-5-26-22(11-9-20-15-18(3)7-13-24(20)26)17-23-12-10-21-16-19(4)8-14-25(21)27(23)6-2;/h7-17H,5-6H2,1-4H3;1H/q+1;/p-1. The number of nitrogens with zero attached hydrogens (tertiary/aromatic N) is 2. The number of allylic oxidation sites excluding steroid dienone is 1. The summed E-state index contributed by atoms with van der Waals surface area (Å²) >= 11 is 0. The highest BCUT2D eigenvalue weighted by Gasteiger charge is 2.19. The smallest absolute Gasteiger partial charge is 0.212 e. The first-order valence-electron chi connectivity index (χ1n) is 9.82. The number of hydrogen-bond acceptors (Lipinski definition) is 1. The van der Waals surface area contributed by atoms with E-state index in [1.165, 1.54) is 44.7 Å². The second-order valence-corrected chi connectivity index (χ2v) is 7.27. The summed E-state index contributed by atoms with van der Waals surface area (Å²) in [5.74, 6) is 0. The van der Waals surface area contributed by atoms with Crippen molar-refractivity contribution < 1.29 is 28.5 Å². The van der Waals surface area contributed by atoms with Gasteiger partial charge in [0.05, 0.1) is 0 Å². The molecule has 0 radical (unpaired) electrons. The van der Waals surface area contributed by atoms with Crippen LogP contribution >= 0.6 is 0 Å². The average molecular weight is 482 g/mol. The number of halogens is 1. The van der Waals surface area contributed by atoms with E-state index >= 15 is 0 Å². The lowest BCUT2D eigenvalue weighted by Gasteiger charge is -2.29. The zero-order valence-electron chi connectivity index (χ0n) is 17.0. The van der Waals surface area contributed by atoms with Crippen LogP contribution in [-0.4, -0.2) is 6.54 Å². The van der Waals surface area contributed by atoms with Crippen molar-refractivity contribution >= 4 is 28.7 Å². The van der Waals surface area contributed by atoms with E-state index in [9.17, 15) is 0 Å².